The van der Waals surface area contributed by atoms with Crippen LogP contribution in [0.25, 0.3) is 11.1 Å². The topological polar surface area (TPSA) is 31.2 Å². The first-order valence-electron chi connectivity index (χ1n) is 9.13. The van der Waals surface area contributed by atoms with Crippen LogP contribution in [0.5, 0.6) is 0 Å². The van der Waals surface area contributed by atoms with Crippen LogP contribution >= 0.6 is 11.6 Å². The van der Waals surface area contributed by atoms with E-state index in [9.17, 15) is 4.79 Å². The Morgan fingerprint density at radius 2 is 1.52 bits per heavy atom. The van der Waals surface area contributed by atoms with Crippen molar-refractivity contribution in [1.82, 2.24) is 4.57 Å². The predicted octanol–water partition coefficient (Wildman–Crippen LogP) is 5.39. The van der Waals surface area contributed by atoms with Crippen LogP contribution in [0.2, 0.25) is 5.02 Å². The zero-order chi connectivity index (χ0) is 19.2. The molecular formula is C23H24ClNO2. The van der Waals surface area contributed by atoms with Gasteiger partial charge in [0.2, 0.25) is 0 Å². The summed E-state index contributed by atoms with van der Waals surface area (Å²) in [5.41, 5.74) is 4.25. The molecule has 0 unspecified atom stereocenters. The van der Waals surface area contributed by atoms with Gasteiger partial charge in [-0.15, -0.1) is 0 Å². The van der Waals surface area contributed by atoms with Gasteiger partial charge in [-0.2, -0.15) is 0 Å². The van der Waals surface area contributed by atoms with E-state index in [0.29, 0.717) is 24.1 Å². The molecule has 27 heavy (non-hydrogen) atoms. The minimum Gasteiger partial charge on any atom is -0.377 e. The molecule has 0 saturated heterocycles. The molecule has 0 bridgehead atoms. The zero-order valence-electron chi connectivity index (χ0n) is 15.7. The highest BCUT2D eigenvalue weighted by molar-refractivity contribution is 6.30. The Labute approximate surface area is 165 Å². The molecule has 0 radical (unpaired) electrons. The normalized spacial score (nSPS) is 11.1. The average Bonchev–Trinajstić information content (AvgIpc) is 2.66. The monoisotopic (exact) mass is 381 g/mol. The molecule has 0 aliphatic carbocycles. The Morgan fingerprint density at radius 3 is 2.19 bits per heavy atom. The predicted molar refractivity (Wildman–Crippen MR) is 111 cm³/mol. The molecule has 0 saturated carbocycles. The number of hydrogen-bond acceptors (Lipinski definition) is 2. The molecule has 1 aromatic heterocycles. The molecule has 0 spiro atoms. The molecule has 3 nitrogen and oxygen atoms in total. The maximum atomic E-state index is 12.2. The van der Waals surface area contributed by atoms with E-state index in [1.165, 1.54) is 0 Å². The van der Waals surface area contributed by atoms with Crippen LogP contribution in [0, 0.1) is 5.92 Å². The summed E-state index contributed by atoms with van der Waals surface area (Å²) in [6.07, 6.45) is 1.90. The molecule has 140 valence electrons. The van der Waals surface area contributed by atoms with Crippen molar-refractivity contribution >= 4 is 11.6 Å². The lowest BCUT2D eigenvalue weighted by molar-refractivity contribution is 0.0971. The fourth-order valence-electron chi connectivity index (χ4n) is 2.82. The summed E-state index contributed by atoms with van der Waals surface area (Å²) in [5.74, 6) is 0.533. The molecule has 0 amide bonds. The lowest BCUT2D eigenvalue weighted by Crippen LogP contribution is -2.19. The van der Waals surface area contributed by atoms with Gasteiger partial charge in [0.25, 0.3) is 5.56 Å². The van der Waals surface area contributed by atoms with Gasteiger partial charge in [0.1, 0.15) is 0 Å². The van der Waals surface area contributed by atoms with Crippen molar-refractivity contribution in [1.29, 1.82) is 0 Å². The number of rotatable bonds is 7. The molecule has 0 atom stereocenters. The minimum atomic E-state index is -0.0209. The van der Waals surface area contributed by atoms with Crippen LogP contribution in [-0.4, -0.2) is 11.2 Å². The molecule has 4 heteroatoms. The van der Waals surface area contributed by atoms with Crippen LogP contribution in [0.1, 0.15) is 25.0 Å². The van der Waals surface area contributed by atoms with Gasteiger partial charge >= 0.3 is 0 Å². The van der Waals surface area contributed by atoms with E-state index in [1.807, 2.05) is 36.5 Å². The standard InChI is InChI=1S/C23H24ClNO2/c1-17(2)15-27-16-19-3-7-20(8-4-19)21-9-12-23(26)25(14-21)13-18-5-10-22(24)11-6-18/h3-12,14,17H,13,15-16H2,1-2H3. The summed E-state index contributed by atoms with van der Waals surface area (Å²) in [6, 6.07) is 19.3. The van der Waals surface area contributed by atoms with Gasteiger partial charge in [0.15, 0.2) is 0 Å². The van der Waals surface area contributed by atoms with Crippen molar-refractivity contribution in [3.63, 3.8) is 0 Å². The van der Waals surface area contributed by atoms with Crippen molar-refractivity contribution in [2.24, 2.45) is 5.92 Å². The third-order valence-corrected chi connectivity index (χ3v) is 4.51. The fourth-order valence-corrected chi connectivity index (χ4v) is 2.94. The van der Waals surface area contributed by atoms with Crippen LogP contribution in [0.15, 0.2) is 71.7 Å². The molecule has 0 aliphatic rings. The number of nitrogens with zero attached hydrogens (tertiary/aromatic N) is 1. The van der Waals surface area contributed by atoms with Crippen LogP contribution < -0.4 is 5.56 Å². The minimum absolute atomic E-state index is 0.0209. The van der Waals surface area contributed by atoms with Gasteiger partial charge in [-0.05, 0) is 46.4 Å². The quantitative estimate of drug-likeness (QED) is 0.549. The van der Waals surface area contributed by atoms with E-state index < -0.39 is 0 Å². The summed E-state index contributed by atoms with van der Waals surface area (Å²) >= 11 is 5.93. The summed E-state index contributed by atoms with van der Waals surface area (Å²) in [4.78, 5) is 12.2. The highest BCUT2D eigenvalue weighted by Crippen LogP contribution is 2.19. The van der Waals surface area contributed by atoms with Gasteiger partial charge in [-0.1, -0.05) is 61.8 Å². The first-order valence-corrected chi connectivity index (χ1v) is 9.51. The number of aromatic nitrogens is 1. The Hall–Kier alpha value is -2.36. The molecule has 0 N–H and O–H groups in total. The summed E-state index contributed by atoms with van der Waals surface area (Å²) in [6.45, 7) is 6.18. The Bertz CT molecular complexity index is 928. The summed E-state index contributed by atoms with van der Waals surface area (Å²) in [5, 5.41) is 0.692. The summed E-state index contributed by atoms with van der Waals surface area (Å²) < 4.78 is 7.40. The molecule has 2 aromatic carbocycles. The molecule has 3 aromatic rings. The Kier molecular flexibility index (Phi) is 6.49. The second-order valence-electron chi connectivity index (χ2n) is 7.12. The molecule has 1 heterocycles. The lowest BCUT2D eigenvalue weighted by atomic mass is 10.1. The van der Waals surface area contributed by atoms with E-state index in [2.05, 4.69) is 38.1 Å². The van der Waals surface area contributed by atoms with Gasteiger partial charge < -0.3 is 9.30 Å². The van der Waals surface area contributed by atoms with Crippen LogP contribution in [0.3, 0.4) is 0 Å². The largest absolute Gasteiger partial charge is 0.377 e. The second kappa shape index (κ2) is 9.03. The second-order valence-corrected chi connectivity index (χ2v) is 7.55. The summed E-state index contributed by atoms with van der Waals surface area (Å²) in [7, 11) is 0. The van der Waals surface area contributed by atoms with Crippen LogP contribution in [0.4, 0.5) is 0 Å². The van der Waals surface area contributed by atoms with E-state index in [1.54, 1.807) is 10.6 Å². The smallest absolute Gasteiger partial charge is 0.250 e. The van der Waals surface area contributed by atoms with Crippen molar-refractivity contribution in [3.8, 4) is 11.1 Å². The van der Waals surface area contributed by atoms with Crippen molar-refractivity contribution in [2.75, 3.05) is 6.61 Å². The third kappa shape index (κ3) is 5.56. The van der Waals surface area contributed by atoms with Gasteiger partial charge in [0.05, 0.1) is 13.2 Å². The van der Waals surface area contributed by atoms with Gasteiger partial charge in [-0.3, -0.25) is 4.79 Å². The Morgan fingerprint density at radius 1 is 0.889 bits per heavy atom. The first kappa shape index (κ1) is 19.4. The number of hydrogen-bond donors (Lipinski definition) is 0. The lowest BCUT2D eigenvalue weighted by Gasteiger charge is -2.10. The average molecular weight is 382 g/mol. The van der Waals surface area contributed by atoms with Crippen molar-refractivity contribution in [2.45, 2.75) is 27.0 Å². The highest BCUT2D eigenvalue weighted by atomic mass is 35.5. The maximum absolute atomic E-state index is 12.2. The molecular weight excluding hydrogens is 358 g/mol. The molecule has 3 rings (SSSR count). The number of pyridine rings is 1. The number of ether oxygens (including phenoxy) is 1. The fraction of sp³-hybridized carbons (Fsp3) is 0.261. The maximum Gasteiger partial charge on any atom is 0.250 e. The number of benzene rings is 2. The molecule has 0 fully saturated rings. The SMILES string of the molecule is CC(C)COCc1ccc(-c2ccc(=O)n(Cc3ccc(Cl)cc3)c2)cc1. The number of halogens is 1. The molecule has 0 aliphatic heterocycles. The van der Waals surface area contributed by atoms with E-state index >= 15 is 0 Å². The van der Waals surface area contributed by atoms with Crippen molar-refractivity contribution < 1.29 is 4.74 Å². The third-order valence-electron chi connectivity index (χ3n) is 4.26. The van der Waals surface area contributed by atoms with E-state index in [-0.39, 0.29) is 5.56 Å². The van der Waals surface area contributed by atoms with Gasteiger partial charge in [0, 0.05) is 23.9 Å². The van der Waals surface area contributed by atoms with E-state index in [4.69, 9.17) is 16.3 Å². The Balaban J connectivity index is 1.75. The van der Waals surface area contributed by atoms with E-state index in [0.717, 1.165) is 28.9 Å². The van der Waals surface area contributed by atoms with Crippen molar-refractivity contribution in [3.05, 3.63) is 93.4 Å². The first-order chi connectivity index (χ1) is 13.0. The zero-order valence-corrected chi connectivity index (χ0v) is 16.4. The van der Waals surface area contributed by atoms with Crippen LogP contribution in [-0.2, 0) is 17.9 Å². The highest BCUT2D eigenvalue weighted by Gasteiger charge is 2.04. The van der Waals surface area contributed by atoms with Gasteiger partial charge in [-0.25, -0.2) is 0 Å².